The van der Waals surface area contributed by atoms with Crippen molar-refractivity contribution in [2.45, 2.75) is 30.7 Å². The number of aliphatic hydroxyl groups is 1. The average Bonchev–Trinajstić information content (AvgIpc) is 3.19. The van der Waals surface area contributed by atoms with Crippen molar-refractivity contribution in [2.24, 2.45) is 15.8 Å². The van der Waals surface area contributed by atoms with Crippen LogP contribution in [0, 0.1) is 23.1 Å². The normalized spacial score (nSPS) is 19.1. The van der Waals surface area contributed by atoms with E-state index in [0.29, 0.717) is 18.4 Å². The maximum atomic E-state index is 14.6. The van der Waals surface area contributed by atoms with Crippen LogP contribution in [-0.2, 0) is 9.67 Å². The summed E-state index contributed by atoms with van der Waals surface area (Å²) in [5.41, 5.74) is 6.19. The molecular formula is C22H22F2N6O2S. The van der Waals surface area contributed by atoms with Crippen LogP contribution in [0.15, 0.2) is 58.6 Å². The Hall–Kier alpha value is -3.49. The summed E-state index contributed by atoms with van der Waals surface area (Å²) in [7, 11) is 0. The van der Waals surface area contributed by atoms with E-state index in [4.69, 9.17) is 11.0 Å². The highest BCUT2D eigenvalue weighted by Crippen LogP contribution is 2.50. The number of thioether (sulfide) groups is 1. The molecule has 33 heavy (non-hydrogen) atoms. The zero-order valence-electron chi connectivity index (χ0n) is 17.7. The summed E-state index contributed by atoms with van der Waals surface area (Å²) in [5.74, 6) is -2.06. The molecule has 1 aliphatic rings. The van der Waals surface area contributed by atoms with E-state index in [2.05, 4.69) is 15.4 Å². The van der Waals surface area contributed by atoms with Gasteiger partial charge >= 0.3 is 0 Å². The zero-order valence-corrected chi connectivity index (χ0v) is 18.5. The highest BCUT2D eigenvalue weighted by molar-refractivity contribution is 8.15. The molecule has 2 aromatic carbocycles. The summed E-state index contributed by atoms with van der Waals surface area (Å²) in [6.45, 7) is 1.55. The van der Waals surface area contributed by atoms with E-state index in [1.54, 1.807) is 30.5 Å². The van der Waals surface area contributed by atoms with Crippen LogP contribution in [0.1, 0.15) is 30.9 Å². The van der Waals surface area contributed by atoms with Gasteiger partial charge < -0.3 is 10.8 Å². The Bertz CT molecular complexity index is 1120. The molecule has 3 rings (SSSR count). The first-order chi connectivity index (χ1) is 15.8. The summed E-state index contributed by atoms with van der Waals surface area (Å²) in [6, 6.07) is 12.0. The molecule has 0 radical (unpaired) electrons. The number of nitriles is 1. The lowest BCUT2D eigenvalue weighted by molar-refractivity contribution is -0.143. The molecule has 8 nitrogen and oxygen atoms in total. The number of guanidine groups is 1. The lowest BCUT2D eigenvalue weighted by atomic mass is 10.00. The average molecular weight is 473 g/mol. The molecule has 0 bridgehead atoms. The molecule has 1 amide bonds. The van der Waals surface area contributed by atoms with Crippen LogP contribution in [0.2, 0.25) is 0 Å². The SMILES string of the molecule is C[C@H](O)C(=O)N1N=C(c2cc(F)ccc2F)SC1(CCCN=C(N)NC#N)c1ccccc1. The number of carbonyl (C=O) groups excluding carboxylic acids is 1. The fraction of sp³-hybridized carbons (Fsp3) is 0.273. The minimum Gasteiger partial charge on any atom is -0.383 e. The third-order valence-corrected chi connectivity index (χ3v) is 6.33. The van der Waals surface area contributed by atoms with E-state index in [1.165, 1.54) is 6.92 Å². The van der Waals surface area contributed by atoms with Crippen molar-refractivity contribution in [1.82, 2.24) is 10.3 Å². The topological polar surface area (TPSA) is 127 Å². The lowest BCUT2D eigenvalue weighted by Crippen LogP contribution is -2.45. The van der Waals surface area contributed by atoms with Gasteiger partial charge in [0.05, 0.1) is 0 Å². The zero-order chi connectivity index (χ0) is 24.0. The molecule has 0 fully saturated rings. The summed E-state index contributed by atoms with van der Waals surface area (Å²) >= 11 is 1.10. The van der Waals surface area contributed by atoms with Gasteiger partial charge in [-0.1, -0.05) is 42.1 Å². The molecule has 1 aliphatic heterocycles. The second kappa shape index (κ2) is 10.4. The van der Waals surface area contributed by atoms with Crippen LogP contribution < -0.4 is 11.1 Å². The number of rotatable bonds is 7. The van der Waals surface area contributed by atoms with Crippen molar-refractivity contribution < 1.29 is 18.7 Å². The number of halogens is 2. The van der Waals surface area contributed by atoms with E-state index in [9.17, 15) is 18.7 Å². The number of nitrogens with zero attached hydrogens (tertiary/aromatic N) is 4. The Morgan fingerprint density at radius 2 is 2.09 bits per heavy atom. The number of hydrogen-bond acceptors (Lipinski definition) is 6. The third-order valence-electron chi connectivity index (χ3n) is 4.89. The van der Waals surface area contributed by atoms with Crippen LogP contribution in [0.25, 0.3) is 0 Å². The summed E-state index contributed by atoms with van der Waals surface area (Å²) < 4.78 is 28.4. The molecule has 0 aromatic heterocycles. The maximum absolute atomic E-state index is 14.6. The minimum atomic E-state index is -1.37. The number of hydrogen-bond donors (Lipinski definition) is 3. The van der Waals surface area contributed by atoms with Crippen LogP contribution in [0.4, 0.5) is 8.78 Å². The van der Waals surface area contributed by atoms with Crippen molar-refractivity contribution in [3.63, 3.8) is 0 Å². The summed E-state index contributed by atoms with van der Waals surface area (Å²) in [6.07, 6.45) is 1.01. The maximum Gasteiger partial charge on any atom is 0.272 e. The molecule has 1 heterocycles. The molecular weight excluding hydrogens is 450 g/mol. The molecule has 0 saturated heterocycles. The standard InChI is InChI=1S/C22H22F2N6O2S/c1-14(31)20(32)30-22(15-6-3-2-4-7-15,10-5-11-27-21(26)28-13-25)33-19(29-30)17-12-16(23)8-9-18(17)24/h2-4,6-9,12,14,31H,5,10-11H2,1H3,(H3,26,27,28)/t14-,22?/m0/s1. The number of carbonyl (C=O) groups is 1. The number of nitrogens with two attached hydrogens (primary N) is 1. The number of nitrogens with one attached hydrogen (secondary N) is 1. The Morgan fingerprint density at radius 1 is 1.36 bits per heavy atom. The largest absolute Gasteiger partial charge is 0.383 e. The first kappa shape index (κ1) is 24.2. The van der Waals surface area contributed by atoms with Gasteiger partial charge in [0.1, 0.15) is 27.7 Å². The Morgan fingerprint density at radius 3 is 2.76 bits per heavy atom. The predicted molar refractivity (Wildman–Crippen MR) is 122 cm³/mol. The highest BCUT2D eigenvalue weighted by Gasteiger charge is 2.49. The molecule has 172 valence electrons. The number of aliphatic imine (C=N–C) groups is 1. The van der Waals surface area contributed by atoms with Crippen LogP contribution in [0.3, 0.4) is 0 Å². The van der Waals surface area contributed by atoms with Crippen molar-refractivity contribution >= 4 is 28.7 Å². The van der Waals surface area contributed by atoms with Crippen LogP contribution >= 0.6 is 11.8 Å². The van der Waals surface area contributed by atoms with Crippen LogP contribution in [0.5, 0.6) is 0 Å². The van der Waals surface area contributed by atoms with Crippen molar-refractivity contribution in [3.05, 3.63) is 71.3 Å². The molecule has 4 N–H and O–H groups in total. The molecule has 2 atom stereocenters. The van der Waals surface area contributed by atoms with Crippen molar-refractivity contribution in [3.8, 4) is 6.19 Å². The van der Waals surface area contributed by atoms with Gasteiger partial charge in [0, 0.05) is 12.1 Å². The number of benzene rings is 2. The van der Waals surface area contributed by atoms with Gasteiger partial charge in [-0.15, -0.1) is 0 Å². The van der Waals surface area contributed by atoms with Gasteiger partial charge in [0.25, 0.3) is 5.91 Å². The Kier molecular flexibility index (Phi) is 7.63. The first-order valence-electron chi connectivity index (χ1n) is 10.0. The Labute approximate surface area is 193 Å². The van der Waals surface area contributed by atoms with E-state index >= 15 is 0 Å². The van der Waals surface area contributed by atoms with Gasteiger partial charge in [-0.2, -0.15) is 10.4 Å². The van der Waals surface area contributed by atoms with Gasteiger partial charge in [-0.3, -0.25) is 15.1 Å². The van der Waals surface area contributed by atoms with E-state index < -0.39 is 28.5 Å². The minimum absolute atomic E-state index is 0.0407. The van der Waals surface area contributed by atoms with Gasteiger partial charge in [-0.25, -0.2) is 13.8 Å². The fourth-order valence-electron chi connectivity index (χ4n) is 3.37. The van der Waals surface area contributed by atoms with Gasteiger partial charge in [-0.05, 0) is 43.5 Å². The molecule has 1 unspecified atom stereocenters. The van der Waals surface area contributed by atoms with E-state index in [0.717, 1.165) is 35.0 Å². The van der Waals surface area contributed by atoms with Crippen LogP contribution in [-0.4, -0.2) is 39.7 Å². The molecule has 2 aromatic rings. The fourth-order valence-corrected chi connectivity index (χ4v) is 4.79. The smallest absolute Gasteiger partial charge is 0.272 e. The molecule has 11 heteroatoms. The number of amides is 1. The summed E-state index contributed by atoms with van der Waals surface area (Å²) in [5, 5.41) is 26.5. The lowest BCUT2D eigenvalue weighted by Gasteiger charge is -2.36. The second-order valence-electron chi connectivity index (χ2n) is 7.22. The van der Waals surface area contributed by atoms with E-state index in [1.807, 2.05) is 6.07 Å². The second-order valence-corrected chi connectivity index (χ2v) is 8.48. The summed E-state index contributed by atoms with van der Waals surface area (Å²) in [4.78, 5) is 15.9. The van der Waals surface area contributed by atoms with E-state index in [-0.39, 0.29) is 23.1 Å². The Balaban J connectivity index is 2.04. The highest BCUT2D eigenvalue weighted by atomic mass is 32.2. The van der Waals surface area contributed by atoms with Crippen molar-refractivity contribution in [2.75, 3.05) is 6.54 Å². The molecule has 0 saturated carbocycles. The van der Waals surface area contributed by atoms with Gasteiger partial charge in [0.15, 0.2) is 6.19 Å². The quantitative estimate of drug-likeness (QED) is 0.187. The predicted octanol–water partition coefficient (Wildman–Crippen LogP) is 2.60. The molecule has 0 aliphatic carbocycles. The van der Waals surface area contributed by atoms with Crippen molar-refractivity contribution in [1.29, 1.82) is 5.26 Å². The van der Waals surface area contributed by atoms with Gasteiger partial charge in [0.2, 0.25) is 5.96 Å². The number of hydrazone groups is 1. The molecule has 0 spiro atoms. The number of aliphatic hydroxyl groups excluding tert-OH is 1. The monoisotopic (exact) mass is 472 g/mol. The first-order valence-corrected chi connectivity index (χ1v) is 10.9. The third kappa shape index (κ3) is 5.30.